The van der Waals surface area contributed by atoms with E-state index in [1.54, 1.807) is 7.05 Å². The Hall–Kier alpha value is -1.08. The first-order chi connectivity index (χ1) is 8.34. The van der Waals surface area contributed by atoms with Gasteiger partial charge in [-0.05, 0) is 24.7 Å². The maximum absolute atomic E-state index is 12.8. The Labute approximate surface area is 111 Å². The van der Waals surface area contributed by atoms with Gasteiger partial charge in [-0.15, -0.1) is 0 Å². The van der Waals surface area contributed by atoms with Crippen molar-refractivity contribution in [3.8, 4) is 0 Å². The summed E-state index contributed by atoms with van der Waals surface area (Å²) < 4.78 is 38.6. The lowest BCUT2D eigenvalue weighted by atomic mass is 10.1. The van der Waals surface area contributed by atoms with Crippen molar-refractivity contribution in [3.63, 3.8) is 0 Å². The van der Waals surface area contributed by atoms with Crippen molar-refractivity contribution in [1.29, 1.82) is 0 Å². The van der Waals surface area contributed by atoms with E-state index in [9.17, 15) is 18.0 Å². The maximum Gasteiger partial charge on any atom is 0.416 e. The zero-order valence-corrected chi connectivity index (χ0v) is 11.2. The molecule has 0 aliphatic carbocycles. The van der Waals surface area contributed by atoms with Crippen LogP contribution in [0.2, 0.25) is 0 Å². The third kappa shape index (κ3) is 4.30. The monoisotopic (exact) mass is 324 g/mol. The van der Waals surface area contributed by atoms with Crippen LogP contribution >= 0.6 is 15.9 Å². The summed E-state index contributed by atoms with van der Waals surface area (Å²) in [7, 11) is 1.58. The van der Waals surface area contributed by atoms with E-state index in [0.717, 1.165) is 6.07 Å². The minimum Gasteiger partial charge on any atom is -0.351 e. The molecule has 1 amide bonds. The van der Waals surface area contributed by atoms with Crippen molar-refractivity contribution in [1.82, 2.24) is 10.6 Å². The molecule has 0 unspecified atom stereocenters. The van der Waals surface area contributed by atoms with E-state index >= 15 is 0 Å². The molecule has 3 nitrogen and oxygen atoms in total. The fourth-order valence-corrected chi connectivity index (χ4v) is 1.74. The summed E-state index contributed by atoms with van der Waals surface area (Å²) in [5, 5.41) is 5.03. The van der Waals surface area contributed by atoms with Gasteiger partial charge in [-0.2, -0.15) is 13.2 Å². The lowest BCUT2D eigenvalue weighted by molar-refractivity contribution is -0.138. The largest absolute Gasteiger partial charge is 0.416 e. The molecule has 0 aliphatic rings. The number of alkyl halides is 3. The van der Waals surface area contributed by atoms with Crippen LogP contribution in [0.4, 0.5) is 13.2 Å². The summed E-state index contributed by atoms with van der Waals surface area (Å²) in [5.41, 5.74) is -0.711. The number of rotatable bonds is 4. The van der Waals surface area contributed by atoms with Gasteiger partial charge >= 0.3 is 6.18 Å². The van der Waals surface area contributed by atoms with Crippen LogP contribution in [0.1, 0.15) is 11.1 Å². The maximum atomic E-state index is 12.8. The molecule has 0 aliphatic heterocycles. The Morgan fingerprint density at radius 2 is 2.06 bits per heavy atom. The molecule has 0 saturated carbocycles. The SMILES string of the molecule is CNCC(=O)NCc1ccc(Br)cc1C(F)(F)F. The zero-order valence-electron chi connectivity index (χ0n) is 9.57. The van der Waals surface area contributed by atoms with Crippen molar-refractivity contribution in [2.45, 2.75) is 12.7 Å². The molecule has 0 heterocycles. The molecular weight excluding hydrogens is 313 g/mol. The molecule has 0 aromatic heterocycles. The number of halogens is 4. The molecule has 1 rings (SSSR count). The van der Waals surface area contributed by atoms with Gasteiger partial charge in [0.05, 0.1) is 12.1 Å². The molecule has 0 spiro atoms. The molecule has 0 fully saturated rings. The Bertz CT molecular complexity index is 435. The zero-order chi connectivity index (χ0) is 13.8. The minimum absolute atomic E-state index is 0.0372. The quantitative estimate of drug-likeness (QED) is 0.892. The van der Waals surface area contributed by atoms with Gasteiger partial charge in [0.15, 0.2) is 0 Å². The highest BCUT2D eigenvalue weighted by Gasteiger charge is 2.33. The van der Waals surface area contributed by atoms with Crippen LogP contribution in [0.15, 0.2) is 22.7 Å². The average molecular weight is 325 g/mol. The number of amides is 1. The average Bonchev–Trinajstić information content (AvgIpc) is 2.26. The number of carbonyl (C=O) groups is 1. The summed E-state index contributed by atoms with van der Waals surface area (Å²) in [6, 6.07) is 3.85. The van der Waals surface area contributed by atoms with Crippen LogP contribution in [0.5, 0.6) is 0 Å². The second-order valence-electron chi connectivity index (χ2n) is 3.61. The molecular formula is C11H12BrF3N2O. The van der Waals surface area contributed by atoms with E-state index in [4.69, 9.17) is 0 Å². The van der Waals surface area contributed by atoms with E-state index in [1.807, 2.05) is 0 Å². The van der Waals surface area contributed by atoms with E-state index in [0.29, 0.717) is 4.47 Å². The van der Waals surface area contributed by atoms with E-state index < -0.39 is 11.7 Å². The highest BCUT2D eigenvalue weighted by molar-refractivity contribution is 9.10. The van der Waals surface area contributed by atoms with Crippen LogP contribution in [-0.2, 0) is 17.5 Å². The topological polar surface area (TPSA) is 41.1 Å². The van der Waals surface area contributed by atoms with Gasteiger partial charge in [0, 0.05) is 11.0 Å². The summed E-state index contributed by atoms with van der Waals surface area (Å²) in [4.78, 5) is 11.2. The Kier molecular flexibility index (Phi) is 5.15. The molecule has 100 valence electrons. The Morgan fingerprint density at radius 1 is 1.39 bits per heavy atom. The van der Waals surface area contributed by atoms with Gasteiger partial charge in [-0.1, -0.05) is 22.0 Å². The van der Waals surface area contributed by atoms with Gasteiger partial charge in [0.1, 0.15) is 0 Å². The molecule has 1 aromatic rings. The highest BCUT2D eigenvalue weighted by Crippen LogP contribution is 2.33. The number of hydrogen-bond acceptors (Lipinski definition) is 2. The number of benzene rings is 1. The van der Waals surface area contributed by atoms with Crippen molar-refractivity contribution in [3.05, 3.63) is 33.8 Å². The normalized spacial score (nSPS) is 11.4. The predicted molar refractivity (Wildman–Crippen MR) is 64.9 cm³/mol. The second-order valence-corrected chi connectivity index (χ2v) is 4.52. The van der Waals surface area contributed by atoms with E-state index in [1.165, 1.54) is 12.1 Å². The van der Waals surface area contributed by atoms with Crippen molar-refractivity contribution in [2.75, 3.05) is 13.6 Å². The third-order valence-corrected chi connectivity index (χ3v) is 2.68. The smallest absolute Gasteiger partial charge is 0.351 e. The molecule has 0 radical (unpaired) electrons. The van der Waals surface area contributed by atoms with Gasteiger partial charge in [0.2, 0.25) is 5.91 Å². The van der Waals surface area contributed by atoms with Crippen LogP contribution in [0.25, 0.3) is 0 Å². The molecule has 2 N–H and O–H groups in total. The first kappa shape index (κ1) is 15.0. The molecule has 1 aromatic carbocycles. The summed E-state index contributed by atoms with van der Waals surface area (Å²) in [6.07, 6.45) is -4.44. The van der Waals surface area contributed by atoms with Crippen molar-refractivity contribution >= 4 is 21.8 Å². The highest BCUT2D eigenvalue weighted by atomic mass is 79.9. The van der Waals surface area contributed by atoms with Gasteiger partial charge in [-0.3, -0.25) is 4.79 Å². The lowest BCUT2D eigenvalue weighted by Crippen LogP contribution is -2.32. The van der Waals surface area contributed by atoms with Gasteiger partial charge in [0.25, 0.3) is 0 Å². The first-order valence-corrected chi connectivity index (χ1v) is 5.91. The molecule has 18 heavy (non-hydrogen) atoms. The number of likely N-dealkylation sites (N-methyl/N-ethyl adjacent to an activating group) is 1. The molecule has 7 heteroatoms. The summed E-state index contributed by atoms with van der Waals surface area (Å²) in [6.45, 7) is -0.0828. The van der Waals surface area contributed by atoms with Crippen molar-refractivity contribution in [2.24, 2.45) is 0 Å². The standard InChI is InChI=1S/C11H12BrF3N2O/c1-16-6-10(18)17-5-7-2-3-8(12)4-9(7)11(13,14)15/h2-4,16H,5-6H2,1H3,(H,17,18). The molecule has 0 atom stereocenters. The number of carbonyl (C=O) groups excluding carboxylic acids is 1. The first-order valence-electron chi connectivity index (χ1n) is 5.11. The summed E-state index contributed by atoms with van der Waals surface area (Å²) >= 11 is 3.00. The van der Waals surface area contributed by atoms with Crippen LogP contribution < -0.4 is 10.6 Å². The minimum atomic E-state index is -4.44. The van der Waals surface area contributed by atoms with Crippen LogP contribution in [0.3, 0.4) is 0 Å². The van der Waals surface area contributed by atoms with Gasteiger partial charge < -0.3 is 10.6 Å². The number of nitrogens with one attached hydrogen (secondary N) is 2. The molecule has 0 saturated heterocycles. The Morgan fingerprint density at radius 3 is 2.61 bits per heavy atom. The van der Waals surface area contributed by atoms with Crippen LogP contribution in [-0.4, -0.2) is 19.5 Å². The predicted octanol–water partition coefficient (Wildman–Crippen LogP) is 2.30. The van der Waals surface area contributed by atoms with Crippen molar-refractivity contribution < 1.29 is 18.0 Å². The third-order valence-electron chi connectivity index (χ3n) is 2.19. The Balaban J connectivity index is 2.85. The van der Waals surface area contributed by atoms with E-state index in [-0.39, 0.29) is 24.6 Å². The molecule has 0 bridgehead atoms. The van der Waals surface area contributed by atoms with Gasteiger partial charge in [-0.25, -0.2) is 0 Å². The van der Waals surface area contributed by atoms with E-state index in [2.05, 4.69) is 26.6 Å². The fraction of sp³-hybridized carbons (Fsp3) is 0.364. The van der Waals surface area contributed by atoms with Crippen LogP contribution in [0, 0.1) is 0 Å². The lowest BCUT2D eigenvalue weighted by Gasteiger charge is -2.14. The fourth-order valence-electron chi connectivity index (χ4n) is 1.38. The number of hydrogen-bond donors (Lipinski definition) is 2. The second kappa shape index (κ2) is 6.19. The summed E-state index contributed by atoms with van der Waals surface area (Å²) in [5.74, 6) is -0.353.